The number of hydrogen-bond donors (Lipinski definition) is 1. The Morgan fingerprint density at radius 3 is 2.47 bits per heavy atom. The summed E-state index contributed by atoms with van der Waals surface area (Å²) in [5.74, 6) is 0.823. The van der Waals surface area contributed by atoms with Gasteiger partial charge in [-0.05, 0) is 55.8 Å². The zero-order chi connectivity index (χ0) is 23.3. The van der Waals surface area contributed by atoms with Crippen LogP contribution in [0.4, 0.5) is 5.69 Å². The van der Waals surface area contributed by atoms with E-state index in [0.717, 1.165) is 68.6 Å². The molecule has 1 aliphatic rings. The van der Waals surface area contributed by atoms with Crippen LogP contribution in [0.25, 0.3) is 17.1 Å². The highest BCUT2D eigenvalue weighted by Crippen LogP contribution is 2.25. The predicted octanol–water partition coefficient (Wildman–Crippen LogP) is 4.66. The highest BCUT2D eigenvalue weighted by atomic mass is 16.3. The molecule has 0 bridgehead atoms. The first kappa shape index (κ1) is 22.4. The molecule has 4 aromatic rings. The molecule has 1 fully saturated rings. The van der Waals surface area contributed by atoms with Gasteiger partial charge in [0.05, 0.1) is 17.6 Å². The number of furan rings is 1. The third-order valence-corrected chi connectivity index (χ3v) is 6.51. The molecule has 1 saturated heterocycles. The summed E-state index contributed by atoms with van der Waals surface area (Å²) in [7, 11) is 0. The molecule has 0 radical (unpaired) electrons. The Kier molecular flexibility index (Phi) is 6.79. The second-order valence-corrected chi connectivity index (χ2v) is 9.04. The van der Waals surface area contributed by atoms with Crippen molar-refractivity contribution in [2.45, 2.75) is 20.4 Å². The Morgan fingerprint density at radius 2 is 1.74 bits per heavy atom. The normalized spacial score (nSPS) is 14.6. The van der Waals surface area contributed by atoms with Crippen LogP contribution in [0.3, 0.4) is 0 Å². The molecule has 3 heterocycles. The number of nitrogens with zero attached hydrogens (tertiary/aromatic N) is 4. The number of rotatable bonds is 8. The van der Waals surface area contributed by atoms with E-state index in [4.69, 9.17) is 9.52 Å². The van der Waals surface area contributed by atoms with Gasteiger partial charge in [0.1, 0.15) is 5.69 Å². The number of anilines is 1. The van der Waals surface area contributed by atoms with E-state index in [-0.39, 0.29) is 0 Å². The molecule has 1 aliphatic heterocycles. The Morgan fingerprint density at radius 1 is 0.912 bits per heavy atom. The maximum atomic E-state index is 5.66. The van der Waals surface area contributed by atoms with Gasteiger partial charge in [-0.3, -0.25) is 4.90 Å². The van der Waals surface area contributed by atoms with Gasteiger partial charge in [0.25, 0.3) is 0 Å². The molecule has 0 saturated carbocycles. The average Bonchev–Trinajstić information content (AvgIpc) is 3.53. The van der Waals surface area contributed by atoms with Gasteiger partial charge in [-0.25, -0.2) is 4.68 Å². The standard InChI is InChI=1S/C28H33N5O/c1-22-10-11-26(23(2)19-22)32-16-14-31(15-17-32)13-12-29-21-24-20-27(28-9-6-18-34-28)33(30-24)25-7-4-3-5-8-25/h3-11,18-20,29H,12-17,21H2,1-2H3. The molecule has 5 rings (SSSR count). The lowest BCUT2D eigenvalue weighted by molar-refractivity contribution is 0.257. The highest BCUT2D eigenvalue weighted by molar-refractivity contribution is 5.57. The minimum Gasteiger partial charge on any atom is -0.463 e. The van der Waals surface area contributed by atoms with Crippen molar-refractivity contribution in [2.75, 3.05) is 44.2 Å². The Bertz CT molecular complexity index is 1190. The van der Waals surface area contributed by atoms with Crippen molar-refractivity contribution in [3.05, 3.63) is 89.8 Å². The molecule has 6 nitrogen and oxygen atoms in total. The summed E-state index contributed by atoms with van der Waals surface area (Å²) in [6, 6.07) is 23.0. The van der Waals surface area contributed by atoms with Crippen LogP contribution >= 0.6 is 0 Å². The lowest BCUT2D eigenvalue weighted by Crippen LogP contribution is -2.48. The fourth-order valence-electron chi connectivity index (χ4n) is 4.71. The van der Waals surface area contributed by atoms with Gasteiger partial charge in [-0.1, -0.05) is 35.9 Å². The SMILES string of the molecule is Cc1ccc(N2CCN(CCNCc3cc(-c4ccco4)n(-c4ccccc4)n3)CC2)c(C)c1. The van der Waals surface area contributed by atoms with E-state index < -0.39 is 0 Å². The number of para-hydroxylation sites is 1. The van der Waals surface area contributed by atoms with E-state index in [1.165, 1.54) is 16.8 Å². The molecule has 0 aliphatic carbocycles. The second-order valence-electron chi connectivity index (χ2n) is 9.04. The van der Waals surface area contributed by atoms with Crippen molar-refractivity contribution in [3.8, 4) is 17.1 Å². The predicted molar refractivity (Wildman–Crippen MR) is 138 cm³/mol. The van der Waals surface area contributed by atoms with Gasteiger partial charge in [0.15, 0.2) is 5.76 Å². The van der Waals surface area contributed by atoms with Crippen LogP contribution < -0.4 is 10.2 Å². The third-order valence-electron chi connectivity index (χ3n) is 6.51. The molecule has 0 atom stereocenters. The number of aromatic nitrogens is 2. The Labute approximate surface area is 201 Å². The summed E-state index contributed by atoms with van der Waals surface area (Å²) in [5, 5.41) is 8.44. The van der Waals surface area contributed by atoms with Crippen LogP contribution in [0.5, 0.6) is 0 Å². The number of benzene rings is 2. The summed E-state index contributed by atoms with van der Waals surface area (Å²) in [5.41, 5.74) is 7.09. The number of nitrogens with one attached hydrogen (secondary N) is 1. The molecule has 0 unspecified atom stereocenters. The first-order valence-electron chi connectivity index (χ1n) is 12.1. The van der Waals surface area contributed by atoms with Gasteiger partial charge >= 0.3 is 0 Å². The molecule has 176 valence electrons. The van der Waals surface area contributed by atoms with Crippen molar-refractivity contribution in [1.29, 1.82) is 0 Å². The zero-order valence-corrected chi connectivity index (χ0v) is 20.1. The third kappa shape index (κ3) is 5.08. The highest BCUT2D eigenvalue weighted by Gasteiger charge is 2.18. The zero-order valence-electron chi connectivity index (χ0n) is 20.1. The summed E-state index contributed by atoms with van der Waals surface area (Å²) < 4.78 is 7.62. The van der Waals surface area contributed by atoms with Gasteiger partial charge in [0, 0.05) is 51.5 Å². The quantitative estimate of drug-likeness (QED) is 0.392. The van der Waals surface area contributed by atoms with Crippen LogP contribution in [-0.2, 0) is 6.54 Å². The van der Waals surface area contributed by atoms with E-state index in [9.17, 15) is 0 Å². The van der Waals surface area contributed by atoms with Crippen LogP contribution in [0.15, 0.2) is 77.4 Å². The van der Waals surface area contributed by atoms with Gasteiger partial charge < -0.3 is 14.6 Å². The molecular formula is C28H33N5O. The van der Waals surface area contributed by atoms with Crippen molar-refractivity contribution in [1.82, 2.24) is 20.0 Å². The fraction of sp³-hybridized carbons (Fsp3) is 0.321. The number of aryl methyl sites for hydroxylation is 2. The summed E-state index contributed by atoms with van der Waals surface area (Å²) in [6.07, 6.45) is 1.70. The topological polar surface area (TPSA) is 49.5 Å². The molecule has 0 amide bonds. The first-order valence-corrected chi connectivity index (χ1v) is 12.1. The fourth-order valence-corrected chi connectivity index (χ4v) is 4.71. The van der Waals surface area contributed by atoms with Gasteiger partial charge in [0.2, 0.25) is 0 Å². The van der Waals surface area contributed by atoms with Crippen LogP contribution in [-0.4, -0.2) is 53.9 Å². The van der Waals surface area contributed by atoms with Crippen LogP contribution in [0, 0.1) is 13.8 Å². The first-order chi connectivity index (χ1) is 16.7. The van der Waals surface area contributed by atoms with Gasteiger partial charge in [-0.2, -0.15) is 5.10 Å². The molecule has 2 aromatic carbocycles. The van der Waals surface area contributed by atoms with Crippen molar-refractivity contribution < 1.29 is 4.42 Å². The second kappa shape index (κ2) is 10.3. The largest absolute Gasteiger partial charge is 0.463 e. The van der Waals surface area contributed by atoms with Gasteiger partial charge in [-0.15, -0.1) is 0 Å². The summed E-state index contributed by atoms with van der Waals surface area (Å²) in [6.45, 7) is 11.5. The number of piperazine rings is 1. The minimum atomic E-state index is 0.732. The maximum Gasteiger partial charge on any atom is 0.152 e. The molecule has 0 spiro atoms. The summed E-state index contributed by atoms with van der Waals surface area (Å²) >= 11 is 0. The van der Waals surface area contributed by atoms with E-state index in [2.05, 4.69) is 65.4 Å². The molecule has 34 heavy (non-hydrogen) atoms. The van der Waals surface area contributed by atoms with Crippen LogP contribution in [0.1, 0.15) is 16.8 Å². The van der Waals surface area contributed by atoms with Crippen molar-refractivity contribution >= 4 is 5.69 Å². The van der Waals surface area contributed by atoms with Crippen LogP contribution in [0.2, 0.25) is 0 Å². The monoisotopic (exact) mass is 455 g/mol. The minimum absolute atomic E-state index is 0.732. The van der Waals surface area contributed by atoms with E-state index in [0.29, 0.717) is 0 Å². The molecule has 6 heteroatoms. The van der Waals surface area contributed by atoms with Crippen molar-refractivity contribution in [2.24, 2.45) is 0 Å². The smallest absolute Gasteiger partial charge is 0.152 e. The summed E-state index contributed by atoms with van der Waals surface area (Å²) in [4.78, 5) is 5.06. The van der Waals surface area contributed by atoms with E-state index in [1.807, 2.05) is 35.0 Å². The van der Waals surface area contributed by atoms with E-state index >= 15 is 0 Å². The van der Waals surface area contributed by atoms with Crippen molar-refractivity contribution in [3.63, 3.8) is 0 Å². The molecule has 1 N–H and O–H groups in total. The molecule has 2 aromatic heterocycles. The maximum absolute atomic E-state index is 5.66. The molecular weight excluding hydrogens is 422 g/mol. The Balaban J connectivity index is 1.14. The lowest BCUT2D eigenvalue weighted by atomic mass is 10.1. The number of hydrogen-bond acceptors (Lipinski definition) is 5. The lowest BCUT2D eigenvalue weighted by Gasteiger charge is -2.37. The average molecular weight is 456 g/mol. The van der Waals surface area contributed by atoms with E-state index in [1.54, 1.807) is 6.26 Å². The Hall–Kier alpha value is -3.35.